The number of benzene rings is 1. The Bertz CT molecular complexity index is 653. The summed E-state index contributed by atoms with van der Waals surface area (Å²) in [4.78, 5) is 23.8. The van der Waals surface area contributed by atoms with Gasteiger partial charge in [-0.15, -0.1) is 0 Å². The highest BCUT2D eigenvalue weighted by Gasteiger charge is 2.19. The smallest absolute Gasteiger partial charge is 0.331 e. The number of nitrogens with one attached hydrogen (secondary N) is 1. The lowest BCUT2D eigenvalue weighted by Gasteiger charge is -2.22. The fraction of sp³-hybridized carbons (Fsp3) is 0.450. The summed E-state index contributed by atoms with van der Waals surface area (Å²) in [6.07, 6.45) is 8.11. The third kappa shape index (κ3) is 6.42. The van der Waals surface area contributed by atoms with E-state index < -0.39 is 12.1 Å². The lowest BCUT2D eigenvalue weighted by Crippen LogP contribution is -2.38. The van der Waals surface area contributed by atoms with Gasteiger partial charge in [-0.2, -0.15) is 5.26 Å². The molecule has 0 aliphatic heterocycles. The van der Waals surface area contributed by atoms with E-state index in [1.54, 1.807) is 37.3 Å². The van der Waals surface area contributed by atoms with E-state index in [0.717, 1.165) is 18.4 Å². The van der Waals surface area contributed by atoms with Crippen molar-refractivity contribution in [1.29, 1.82) is 5.26 Å². The Morgan fingerprint density at radius 3 is 2.60 bits per heavy atom. The van der Waals surface area contributed by atoms with Crippen LogP contribution in [0.5, 0.6) is 0 Å². The number of carbonyl (C=O) groups is 2. The number of amides is 1. The van der Waals surface area contributed by atoms with Gasteiger partial charge in [0.1, 0.15) is 0 Å². The molecule has 1 aromatic rings. The zero-order chi connectivity index (χ0) is 18.1. The van der Waals surface area contributed by atoms with Gasteiger partial charge in [0.25, 0.3) is 5.91 Å². The van der Waals surface area contributed by atoms with Crippen LogP contribution in [0.2, 0.25) is 0 Å². The summed E-state index contributed by atoms with van der Waals surface area (Å²) in [5, 5.41) is 11.6. The Kier molecular flexibility index (Phi) is 7.21. The maximum absolute atomic E-state index is 12.0. The minimum atomic E-state index is -0.818. The minimum Gasteiger partial charge on any atom is -0.449 e. The molecule has 0 heterocycles. The first kappa shape index (κ1) is 18.7. The van der Waals surface area contributed by atoms with E-state index >= 15 is 0 Å². The fourth-order valence-corrected chi connectivity index (χ4v) is 2.88. The molecular formula is C20H24N2O3. The SMILES string of the molecule is C[C@H](OC(=O)/C=C/c1ccc(C#N)cc1)C(=O)NCC1CCCCC1. The molecule has 0 radical (unpaired) electrons. The van der Waals surface area contributed by atoms with Gasteiger partial charge in [0, 0.05) is 12.6 Å². The monoisotopic (exact) mass is 340 g/mol. The molecule has 0 aromatic heterocycles. The number of ether oxygens (including phenoxy) is 1. The van der Waals surface area contributed by atoms with Crippen LogP contribution in [0.4, 0.5) is 0 Å². The predicted octanol–water partition coefficient (Wildman–Crippen LogP) is 3.20. The molecule has 0 unspecified atom stereocenters. The normalized spacial score (nSPS) is 16.2. The molecule has 0 bridgehead atoms. The average Bonchev–Trinajstić information content (AvgIpc) is 2.65. The number of esters is 1. The largest absolute Gasteiger partial charge is 0.449 e. The first-order valence-corrected chi connectivity index (χ1v) is 8.75. The van der Waals surface area contributed by atoms with Crippen LogP contribution < -0.4 is 5.32 Å². The van der Waals surface area contributed by atoms with Crippen LogP contribution in [0.1, 0.15) is 50.2 Å². The molecule has 1 saturated carbocycles. The van der Waals surface area contributed by atoms with Crippen molar-refractivity contribution in [2.45, 2.75) is 45.1 Å². The standard InChI is InChI=1S/C20H24N2O3/c1-15(20(24)22-14-18-5-3-2-4-6-18)25-19(23)12-11-16-7-9-17(13-21)10-8-16/h7-12,15,18H,2-6,14H2,1H3,(H,22,24)/b12-11+/t15-/m0/s1. The molecule has 1 aliphatic carbocycles. The summed E-state index contributed by atoms with van der Waals surface area (Å²) in [6.45, 7) is 2.23. The summed E-state index contributed by atoms with van der Waals surface area (Å²) < 4.78 is 5.13. The second kappa shape index (κ2) is 9.63. The second-order valence-corrected chi connectivity index (χ2v) is 6.40. The van der Waals surface area contributed by atoms with Crippen LogP contribution >= 0.6 is 0 Å². The van der Waals surface area contributed by atoms with Gasteiger partial charge < -0.3 is 10.1 Å². The quantitative estimate of drug-likeness (QED) is 0.637. The third-order valence-electron chi connectivity index (χ3n) is 4.40. The Hall–Kier alpha value is -2.61. The van der Waals surface area contributed by atoms with Crippen LogP contribution in [0.15, 0.2) is 30.3 Å². The number of hydrogen-bond acceptors (Lipinski definition) is 4. The number of nitriles is 1. The van der Waals surface area contributed by atoms with E-state index in [2.05, 4.69) is 5.32 Å². The van der Waals surface area contributed by atoms with Crippen LogP contribution in [-0.2, 0) is 14.3 Å². The molecule has 0 saturated heterocycles. The van der Waals surface area contributed by atoms with Crippen molar-refractivity contribution in [3.8, 4) is 6.07 Å². The molecule has 2 rings (SSSR count). The molecule has 1 fully saturated rings. The summed E-state index contributed by atoms with van der Waals surface area (Å²) in [5.41, 5.74) is 1.34. The maximum atomic E-state index is 12.0. The average molecular weight is 340 g/mol. The Morgan fingerprint density at radius 2 is 1.96 bits per heavy atom. The fourth-order valence-electron chi connectivity index (χ4n) is 2.88. The van der Waals surface area contributed by atoms with Crippen molar-refractivity contribution in [3.63, 3.8) is 0 Å². The lowest BCUT2D eigenvalue weighted by molar-refractivity contribution is -0.150. The highest BCUT2D eigenvalue weighted by molar-refractivity contribution is 5.90. The van der Waals surface area contributed by atoms with Crippen molar-refractivity contribution in [2.24, 2.45) is 5.92 Å². The Labute approximate surface area is 148 Å². The van der Waals surface area contributed by atoms with Crippen LogP contribution in [0.25, 0.3) is 6.08 Å². The number of carbonyl (C=O) groups excluding carboxylic acids is 2. The van der Waals surface area contributed by atoms with Gasteiger partial charge in [0.15, 0.2) is 6.10 Å². The van der Waals surface area contributed by atoms with Crippen molar-refractivity contribution >= 4 is 18.0 Å². The molecule has 1 aromatic carbocycles. The highest BCUT2D eigenvalue weighted by Crippen LogP contribution is 2.22. The summed E-state index contributed by atoms with van der Waals surface area (Å²) in [7, 11) is 0. The molecule has 1 N–H and O–H groups in total. The first-order valence-electron chi connectivity index (χ1n) is 8.75. The van der Waals surface area contributed by atoms with Gasteiger partial charge in [-0.1, -0.05) is 31.4 Å². The van der Waals surface area contributed by atoms with Crippen molar-refractivity contribution in [1.82, 2.24) is 5.32 Å². The van der Waals surface area contributed by atoms with E-state index in [1.807, 2.05) is 6.07 Å². The number of nitrogens with zero attached hydrogens (tertiary/aromatic N) is 1. The van der Waals surface area contributed by atoms with Gasteiger partial charge >= 0.3 is 5.97 Å². The second-order valence-electron chi connectivity index (χ2n) is 6.40. The Morgan fingerprint density at radius 1 is 1.28 bits per heavy atom. The Balaban J connectivity index is 1.75. The molecule has 25 heavy (non-hydrogen) atoms. The molecule has 0 spiro atoms. The lowest BCUT2D eigenvalue weighted by atomic mass is 9.89. The van der Waals surface area contributed by atoms with E-state index in [-0.39, 0.29) is 5.91 Å². The molecule has 132 valence electrons. The molecule has 5 heteroatoms. The van der Waals surface area contributed by atoms with Gasteiger partial charge in [-0.05, 0) is 49.5 Å². The molecular weight excluding hydrogens is 316 g/mol. The maximum Gasteiger partial charge on any atom is 0.331 e. The summed E-state index contributed by atoms with van der Waals surface area (Å²) in [5.74, 6) is -0.285. The molecule has 5 nitrogen and oxygen atoms in total. The molecule has 1 amide bonds. The van der Waals surface area contributed by atoms with E-state index in [9.17, 15) is 9.59 Å². The molecule has 1 aliphatic rings. The first-order chi connectivity index (χ1) is 12.1. The highest BCUT2D eigenvalue weighted by atomic mass is 16.5. The van der Waals surface area contributed by atoms with Crippen molar-refractivity contribution in [3.05, 3.63) is 41.5 Å². The predicted molar refractivity (Wildman–Crippen MR) is 95.3 cm³/mol. The molecule has 1 atom stereocenters. The van der Waals surface area contributed by atoms with Gasteiger partial charge in [0.05, 0.1) is 11.6 Å². The summed E-state index contributed by atoms with van der Waals surface area (Å²) in [6, 6.07) is 8.86. The van der Waals surface area contributed by atoms with E-state index in [4.69, 9.17) is 10.00 Å². The topological polar surface area (TPSA) is 79.2 Å². The zero-order valence-electron chi connectivity index (χ0n) is 14.5. The van der Waals surface area contributed by atoms with Crippen molar-refractivity contribution in [2.75, 3.05) is 6.54 Å². The van der Waals surface area contributed by atoms with Crippen LogP contribution in [0, 0.1) is 17.2 Å². The third-order valence-corrected chi connectivity index (χ3v) is 4.40. The van der Waals surface area contributed by atoms with Gasteiger partial charge in [0.2, 0.25) is 0 Å². The zero-order valence-corrected chi connectivity index (χ0v) is 14.5. The van der Waals surface area contributed by atoms with Crippen molar-refractivity contribution < 1.29 is 14.3 Å². The summed E-state index contributed by atoms with van der Waals surface area (Å²) >= 11 is 0. The number of rotatable bonds is 6. The minimum absolute atomic E-state index is 0.259. The van der Waals surface area contributed by atoms with Gasteiger partial charge in [-0.3, -0.25) is 4.79 Å². The van der Waals surface area contributed by atoms with E-state index in [1.165, 1.54) is 25.3 Å². The van der Waals surface area contributed by atoms with Crippen LogP contribution in [0.3, 0.4) is 0 Å². The number of hydrogen-bond donors (Lipinski definition) is 1. The van der Waals surface area contributed by atoms with Gasteiger partial charge in [-0.25, -0.2) is 4.79 Å². The van der Waals surface area contributed by atoms with Crippen LogP contribution in [-0.4, -0.2) is 24.5 Å². The van der Waals surface area contributed by atoms with E-state index in [0.29, 0.717) is 18.0 Å².